The highest BCUT2D eigenvalue weighted by atomic mass is 16.2. The Morgan fingerprint density at radius 3 is 1.70 bits per heavy atom. The SMILES string of the molecule is CNC(CCC(=O)NCCCCCC(C)=O)C(=O)NCCCCCC(C)=O. The number of carbonyl (C=O) groups is 4. The zero-order valence-corrected chi connectivity index (χ0v) is 17.2. The van der Waals surface area contributed by atoms with Crippen molar-refractivity contribution < 1.29 is 19.2 Å². The van der Waals surface area contributed by atoms with Gasteiger partial charge in [0, 0.05) is 32.4 Å². The molecule has 0 spiro atoms. The standard InChI is InChI=1S/C20H37N3O4/c1-16(24)10-6-4-8-14-22-19(26)13-12-18(21-3)20(27)23-15-9-5-7-11-17(2)25/h18,21H,4-15H2,1-3H3,(H,22,26)(H,23,27). The van der Waals surface area contributed by atoms with Crippen molar-refractivity contribution in [2.45, 2.75) is 84.1 Å². The predicted molar refractivity (Wildman–Crippen MR) is 106 cm³/mol. The Labute approximate surface area is 163 Å². The first-order chi connectivity index (χ1) is 12.9. The first-order valence-electron chi connectivity index (χ1n) is 10.1. The largest absolute Gasteiger partial charge is 0.356 e. The number of hydrogen-bond acceptors (Lipinski definition) is 5. The summed E-state index contributed by atoms with van der Waals surface area (Å²) in [5.74, 6) is 0.245. The van der Waals surface area contributed by atoms with Crippen molar-refractivity contribution >= 4 is 23.4 Å². The van der Waals surface area contributed by atoms with Gasteiger partial charge in [-0.2, -0.15) is 0 Å². The summed E-state index contributed by atoms with van der Waals surface area (Å²) in [6.07, 6.45) is 7.21. The molecule has 7 nitrogen and oxygen atoms in total. The van der Waals surface area contributed by atoms with E-state index >= 15 is 0 Å². The van der Waals surface area contributed by atoms with E-state index in [0.717, 1.165) is 38.5 Å². The summed E-state index contributed by atoms with van der Waals surface area (Å²) < 4.78 is 0. The summed E-state index contributed by atoms with van der Waals surface area (Å²) in [6.45, 7) is 4.36. The van der Waals surface area contributed by atoms with Gasteiger partial charge in [-0.25, -0.2) is 0 Å². The van der Waals surface area contributed by atoms with E-state index < -0.39 is 0 Å². The summed E-state index contributed by atoms with van der Waals surface area (Å²) in [5.41, 5.74) is 0. The molecule has 0 rings (SSSR count). The maximum atomic E-state index is 12.1. The number of rotatable bonds is 17. The van der Waals surface area contributed by atoms with Gasteiger partial charge in [0.2, 0.25) is 11.8 Å². The lowest BCUT2D eigenvalue weighted by molar-refractivity contribution is -0.124. The molecule has 156 valence electrons. The molecule has 0 aliphatic heterocycles. The number of likely N-dealkylation sites (N-methyl/N-ethyl adjacent to an activating group) is 1. The molecule has 0 saturated carbocycles. The first kappa shape index (κ1) is 25.2. The van der Waals surface area contributed by atoms with Gasteiger partial charge in [0.05, 0.1) is 6.04 Å². The maximum Gasteiger partial charge on any atom is 0.237 e. The molecule has 0 aliphatic carbocycles. The minimum Gasteiger partial charge on any atom is -0.356 e. The molecule has 3 N–H and O–H groups in total. The highest BCUT2D eigenvalue weighted by molar-refractivity contribution is 5.83. The summed E-state index contributed by atoms with van der Waals surface area (Å²) in [7, 11) is 1.71. The predicted octanol–water partition coefficient (Wildman–Crippen LogP) is 1.89. The van der Waals surface area contributed by atoms with Gasteiger partial charge >= 0.3 is 0 Å². The molecule has 2 amide bonds. The van der Waals surface area contributed by atoms with Crippen LogP contribution < -0.4 is 16.0 Å². The van der Waals surface area contributed by atoms with E-state index in [-0.39, 0.29) is 29.4 Å². The van der Waals surface area contributed by atoms with Gasteiger partial charge in [0.15, 0.2) is 0 Å². The summed E-state index contributed by atoms with van der Waals surface area (Å²) in [6, 6.07) is -0.386. The van der Waals surface area contributed by atoms with Gasteiger partial charge in [-0.3, -0.25) is 9.59 Å². The van der Waals surface area contributed by atoms with Crippen molar-refractivity contribution in [3.63, 3.8) is 0 Å². The van der Waals surface area contributed by atoms with Crippen LogP contribution in [0.2, 0.25) is 0 Å². The molecule has 0 saturated heterocycles. The number of ketones is 2. The minimum atomic E-state index is -0.386. The van der Waals surface area contributed by atoms with E-state index in [2.05, 4.69) is 16.0 Å². The number of hydrogen-bond donors (Lipinski definition) is 3. The lowest BCUT2D eigenvalue weighted by atomic mass is 10.1. The molecule has 0 fully saturated rings. The second kappa shape index (κ2) is 16.4. The Morgan fingerprint density at radius 2 is 1.22 bits per heavy atom. The van der Waals surface area contributed by atoms with Gasteiger partial charge in [-0.15, -0.1) is 0 Å². The van der Waals surface area contributed by atoms with E-state index in [0.29, 0.717) is 38.8 Å². The quantitative estimate of drug-likeness (QED) is 0.333. The molecule has 1 unspecified atom stereocenters. The van der Waals surface area contributed by atoms with Crippen molar-refractivity contribution in [1.82, 2.24) is 16.0 Å². The molecule has 0 heterocycles. The summed E-state index contributed by atoms with van der Waals surface area (Å²) in [4.78, 5) is 45.7. The maximum absolute atomic E-state index is 12.1. The third-order valence-electron chi connectivity index (χ3n) is 4.36. The van der Waals surface area contributed by atoms with Gasteiger partial charge in [0.25, 0.3) is 0 Å². The number of amides is 2. The van der Waals surface area contributed by atoms with Crippen molar-refractivity contribution in [2.75, 3.05) is 20.1 Å². The Kier molecular flexibility index (Phi) is 15.3. The average Bonchev–Trinajstić information content (AvgIpc) is 2.60. The van der Waals surface area contributed by atoms with Crippen LogP contribution in [0.1, 0.15) is 78.1 Å². The van der Waals surface area contributed by atoms with Crippen molar-refractivity contribution in [2.24, 2.45) is 0 Å². The lowest BCUT2D eigenvalue weighted by Crippen LogP contribution is -2.43. The third-order valence-corrected chi connectivity index (χ3v) is 4.36. The molecule has 27 heavy (non-hydrogen) atoms. The molecule has 0 aromatic carbocycles. The van der Waals surface area contributed by atoms with E-state index in [1.165, 1.54) is 0 Å². The van der Waals surface area contributed by atoms with Crippen LogP contribution in [-0.4, -0.2) is 49.6 Å². The lowest BCUT2D eigenvalue weighted by Gasteiger charge is -2.16. The molecule has 0 bridgehead atoms. The topological polar surface area (TPSA) is 104 Å². The molecule has 0 aromatic rings. The van der Waals surface area contributed by atoms with Gasteiger partial charge < -0.3 is 25.5 Å². The van der Waals surface area contributed by atoms with Crippen LogP contribution in [0.4, 0.5) is 0 Å². The monoisotopic (exact) mass is 383 g/mol. The molecule has 0 aliphatic rings. The van der Waals surface area contributed by atoms with Gasteiger partial charge in [-0.1, -0.05) is 12.8 Å². The van der Waals surface area contributed by atoms with Crippen LogP contribution in [0.15, 0.2) is 0 Å². The fourth-order valence-electron chi connectivity index (χ4n) is 2.68. The van der Waals surface area contributed by atoms with Crippen LogP contribution in [0, 0.1) is 0 Å². The van der Waals surface area contributed by atoms with Crippen molar-refractivity contribution in [1.29, 1.82) is 0 Å². The number of nitrogens with one attached hydrogen (secondary N) is 3. The highest BCUT2D eigenvalue weighted by Crippen LogP contribution is 2.02. The van der Waals surface area contributed by atoms with Crippen LogP contribution in [0.5, 0.6) is 0 Å². The Hall–Kier alpha value is -1.76. The smallest absolute Gasteiger partial charge is 0.237 e. The average molecular weight is 384 g/mol. The van der Waals surface area contributed by atoms with Crippen LogP contribution in [-0.2, 0) is 19.2 Å². The van der Waals surface area contributed by atoms with Gasteiger partial charge in [0.1, 0.15) is 11.6 Å². The summed E-state index contributed by atoms with van der Waals surface area (Å²) in [5, 5.41) is 8.68. The number of carbonyl (C=O) groups excluding carboxylic acids is 4. The summed E-state index contributed by atoms with van der Waals surface area (Å²) >= 11 is 0. The van der Waals surface area contributed by atoms with Crippen LogP contribution in [0.3, 0.4) is 0 Å². The zero-order valence-electron chi connectivity index (χ0n) is 17.2. The Balaban J connectivity index is 3.78. The minimum absolute atomic E-state index is 0.0566. The molecule has 1 atom stereocenters. The van der Waals surface area contributed by atoms with Crippen molar-refractivity contribution in [3.05, 3.63) is 0 Å². The number of Topliss-reactive ketones (excluding diaryl/α,β-unsaturated/α-hetero) is 2. The van der Waals surface area contributed by atoms with Crippen LogP contribution in [0.25, 0.3) is 0 Å². The molecular weight excluding hydrogens is 346 g/mol. The second-order valence-corrected chi connectivity index (χ2v) is 7.05. The fourth-order valence-corrected chi connectivity index (χ4v) is 2.68. The van der Waals surface area contributed by atoms with E-state index in [1.807, 2.05) is 0 Å². The third kappa shape index (κ3) is 16.2. The highest BCUT2D eigenvalue weighted by Gasteiger charge is 2.17. The Morgan fingerprint density at radius 1 is 0.704 bits per heavy atom. The van der Waals surface area contributed by atoms with E-state index in [4.69, 9.17) is 0 Å². The normalized spacial score (nSPS) is 11.7. The Bertz CT molecular complexity index is 466. The second-order valence-electron chi connectivity index (χ2n) is 7.05. The van der Waals surface area contributed by atoms with Gasteiger partial charge in [-0.05, 0) is 53.0 Å². The fraction of sp³-hybridized carbons (Fsp3) is 0.800. The zero-order chi connectivity index (χ0) is 20.5. The first-order valence-corrected chi connectivity index (χ1v) is 10.1. The molecule has 0 aromatic heterocycles. The molecular formula is C20H37N3O4. The van der Waals surface area contributed by atoms with E-state index in [9.17, 15) is 19.2 Å². The molecule has 0 radical (unpaired) electrons. The molecule has 7 heteroatoms. The number of unbranched alkanes of at least 4 members (excludes halogenated alkanes) is 4. The van der Waals surface area contributed by atoms with Crippen LogP contribution >= 0.6 is 0 Å². The van der Waals surface area contributed by atoms with Crippen molar-refractivity contribution in [3.8, 4) is 0 Å². The van der Waals surface area contributed by atoms with E-state index in [1.54, 1.807) is 20.9 Å².